The minimum Gasteiger partial charge on any atom is -0.481 e. The first kappa shape index (κ1) is 23.0. The van der Waals surface area contributed by atoms with E-state index in [1.165, 1.54) is 35.6 Å². The van der Waals surface area contributed by atoms with Crippen LogP contribution >= 0.6 is 11.3 Å². The van der Waals surface area contributed by atoms with Gasteiger partial charge in [0.2, 0.25) is 0 Å². The van der Waals surface area contributed by atoms with Crippen LogP contribution < -0.4 is 15.4 Å². The second kappa shape index (κ2) is 10.6. The van der Waals surface area contributed by atoms with Gasteiger partial charge >= 0.3 is 0 Å². The Bertz CT molecular complexity index is 1110. The molecule has 1 unspecified atom stereocenters. The molecule has 1 heterocycles. The summed E-state index contributed by atoms with van der Waals surface area (Å²) in [5.74, 6) is -0.473. The molecule has 2 amide bonds. The summed E-state index contributed by atoms with van der Waals surface area (Å²) in [5.41, 5.74) is 2.78. The molecule has 0 aliphatic heterocycles. The molecule has 1 atom stereocenters. The monoisotopic (exact) mass is 466 g/mol. The van der Waals surface area contributed by atoms with Gasteiger partial charge in [0.25, 0.3) is 11.8 Å². The predicted molar refractivity (Wildman–Crippen MR) is 129 cm³/mol. The Hall–Kier alpha value is -3.19. The maximum atomic E-state index is 13.1. The number of hydrogen-bond donors (Lipinski definition) is 2. The predicted octanol–water partition coefficient (Wildman–Crippen LogP) is 5.14. The Kier molecular flexibility index (Phi) is 7.40. The van der Waals surface area contributed by atoms with Crippen molar-refractivity contribution in [2.45, 2.75) is 45.1 Å². The topological polar surface area (TPSA) is 67.4 Å². The number of benzene rings is 2. The number of fused-ring (bicyclic) bond motifs is 1. The van der Waals surface area contributed by atoms with Gasteiger partial charge in [-0.1, -0.05) is 30.3 Å². The molecular formula is C26H27FN2O3S. The average Bonchev–Trinajstić information content (AvgIpc) is 3.19. The van der Waals surface area contributed by atoms with Gasteiger partial charge in [-0.25, -0.2) is 4.39 Å². The van der Waals surface area contributed by atoms with Gasteiger partial charge in [0.1, 0.15) is 16.6 Å². The molecule has 3 aromatic rings. The fraction of sp³-hybridized carbons (Fsp3) is 0.308. The number of carbonyl (C=O) groups is 2. The zero-order valence-corrected chi connectivity index (χ0v) is 19.3. The molecule has 5 nitrogen and oxygen atoms in total. The van der Waals surface area contributed by atoms with Crippen LogP contribution in [0.25, 0.3) is 0 Å². The molecule has 2 N–H and O–H groups in total. The fourth-order valence-corrected chi connectivity index (χ4v) is 5.22. The third-order valence-electron chi connectivity index (χ3n) is 5.67. The number of aryl methyl sites for hydroxylation is 1. The normalized spacial score (nSPS) is 13.6. The summed E-state index contributed by atoms with van der Waals surface area (Å²) in [4.78, 5) is 27.1. The highest BCUT2D eigenvalue weighted by Crippen LogP contribution is 2.38. The molecule has 0 radical (unpaired) electrons. The molecule has 0 saturated heterocycles. The Morgan fingerprint density at radius 2 is 1.79 bits per heavy atom. The lowest BCUT2D eigenvalue weighted by molar-refractivity contribution is -0.122. The summed E-state index contributed by atoms with van der Waals surface area (Å²) < 4.78 is 18.8. The van der Waals surface area contributed by atoms with Gasteiger partial charge in [-0.2, -0.15) is 0 Å². The lowest BCUT2D eigenvalue weighted by Crippen LogP contribution is -2.32. The van der Waals surface area contributed by atoms with Crippen molar-refractivity contribution in [2.75, 3.05) is 11.9 Å². The fourth-order valence-electron chi connectivity index (χ4n) is 3.93. The van der Waals surface area contributed by atoms with E-state index in [-0.39, 0.29) is 17.6 Å². The minimum atomic E-state index is -0.802. The van der Waals surface area contributed by atoms with Gasteiger partial charge in [-0.15, -0.1) is 11.3 Å². The van der Waals surface area contributed by atoms with Gasteiger partial charge in [-0.05, 0) is 74.4 Å². The van der Waals surface area contributed by atoms with Gasteiger partial charge in [0, 0.05) is 11.4 Å². The van der Waals surface area contributed by atoms with E-state index in [0.29, 0.717) is 22.9 Å². The Labute approximate surface area is 197 Å². The number of rotatable bonds is 8. The van der Waals surface area contributed by atoms with Gasteiger partial charge < -0.3 is 15.4 Å². The first-order chi connectivity index (χ1) is 16.0. The molecule has 7 heteroatoms. The number of ether oxygens (including phenoxy) is 1. The highest BCUT2D eigenvalue weighted by molar-refractivity contribution is 7.17. The smallest absolute Gasteiger partial charge is 0.265 e. The van der Waals surface area contributed by atoms with E-state index in [4.69, 9.17) is 4.74 Å². The number of amides is 2. The standard InChI is InChI=1S/C26H27FN2O3S/c1-17(32-20-13-11-19(27)12-14-20)24(30)29-26-23(21-9-5-6-10-22(21)33-26)25(31)28-16-15-18-7-3-2-4-8-18/h2-4,7-8,11-14,17H,5-6,9-10,15-16H2,1H3,(H,28,31)(H,29,30). The third-order valence-corrected chi connectivity index (χ3v) is 6.88. The second-order valence-corrected chi connectivity index (χ2v) is 9.21. The van der Waals surface area contributed by atoms with Crippen LogP contribution in [0.2, 0.25) is 0 Å². The third kappa shape index (κ3) is 5.79. The summed E-state index contributed by atoms with van der Waals surface area (Å²) in [6.45, 7) is 2.15. The van der Waals surface area contributed by atoms with Crippen LogP contribution in [0, 0.1) is 5.82 Å². The summed E-state index contributed by atoms with van der Waals surface area (Å²) in [6, 6.07) is 15.5. The van der Waals surface area contributed by atoms with E-state index < -0.39 is 6.10 Å². The zero-order chi connectivity index (χ0) is 23.2. The SMILES string of the molecule is CC(Oc1ccc(F)cc1)C(=O)Nc1sc2c(c1C(=O)NCCc1ccccc1)CCCC2. The van der Waals surface area contributed by atoms with Crippen molar-refractivity contribution < 1.29 is 18.7 Å². The van der Waals surface area contributed by atoms with E-state index in [9.17, 15) is 14.0 Å². The summed E-state index contributed by atoms with van der Waals surface area (Å²) in [7, 11) is 0. The summed E-state index contributed by atoms with van der Waals surface area (Å²) in [5, 5.41) is 6.50. The lowest BCUT2D eigenvalue weighted by atomic mass is 9.95. The molecule has 0 fully saturated rings. The maximum absolute atomic E-state index is 13.1. The molecule has 172 valence electrons. The van der Waals surface area contributed by atoms with Gasteiger partial charge in [0.15, 0.2) is 6.10 Å². The molecule has 1 aliphatic rings. The summed E-state index contributed by atoms with van der Waals surface area (Å²) >= 11 is 1.48. The molecule has 33 heavy (non-hydrogen) atoms. The quantitative estimate of drug-likeness (QED) is 0.483. The average molecular weight is 467 g/mol. The number of nitrogens with one attached hydrogen (secondary N) is 2. The van der Waals surface area contributed by atoms with Crippen LogP contribution in [-0.4, -0.2) is 24.5 Å². The molecular weight excluding hydrogens is 439 g/mol. The number of carbonyl (C=O) groups excluding carboxylic acids is 2. The molecule has 0 bridgehead atoms. The van der Waals surface area contributed by atoms with E-state index in [2.05, 4.69) is 10.6 Å². The van der Waals surface area contributed by atoms with E-state index in [1.54, 1.807) is 6.92 Å². The maximum Gasteiger partial charge on any atom is 0.265 e. The van der Waals surface area contributed by atoms with Crippen LogP contribution in [0.1, 0.15) is 46.1 Å². The summed E-state index contributed by atoms with van der Waals surface area (Å²) in [6.07, 6.45) is 3.81. The van der Waals surface area contributed by atoms with Crippen LogP contribution in [0.4, 0.5) is 9.39 Å². The van der Waals surface area contributed by atoms with Crippen molar-refractivity contribution in [2.24, 2.45) is 0 Å². The van der Waals surface area contributed by atoms with E-state index >= 15 is 0 Å². The van der Waals surface area contributed by atoms with Crippen LogP contribution in [-0.2, 0) is 24.1 Å². The first-order valence-corrected chi connectivity index (χ1v) is 12.0. The molecule has 1 aliphatic carbocycles. The molecule has 2 aromatic carbocycles. The van der Waals surface area contributed by atoms with Crippen LogP contribution in [0.3, 0.4) is 0 Å². The van der Waals surface area contributed by atoms with Crippen molar-refractivity contribution in [3.8, 4) is 5.75 Å². The number of anilines is 1. The van der Waals surface area contributed by atoms with Gasteiger partial charge in [0.05, 0.1) is 5.56 Å². The molecule has 4 rings (SSSR count). The zero-order valence-electron chi connectivity index (χ0n) is 18.5. The largest absolute Gasteiger partial charge is 0.481 e. The van der Waals surface area contributed by atoms with Crippen molar-refractivity contribution in [3.05, 3.63) is 82.0 Å². The second-order valence-electron chi connectivity index (χ2n) is 8.11. The van der Waals surface area contributed by atoms with Crippen molar-refractivity contribution in [1.29, 1.82) is 0 Å². The lowest BCUT2D eigenvalue weighted by Gasteiger charge is -2.16. The molecule has 0 spiro atoms. The number of thiophene rings is 1. The van der Waals surface area contributed by atoms with Crippen molar-refractivity contribution >= 4 is 28.2 Å². The number of hydrogen-bond acceptors (Lipinski definition) is 4. The van der Waals surface area contributed by atoms with Crippen LogP contribution in [0.15, 0.2) is 54.6 Å². The number of halogens is 1. The Morgan fingerprint density at radius 1 is 1.06 bits per heavy atom. The molecule has 1 aromatic heterocycles. The molecule has 0 saturated carbocycles. The van der Waals surface area contributed by atoms with E-state index in [1.807, 2.05) is 30.3 Å². The van der Waals surface area contributed by atoms with Crippen molar-refractivity contribution in [1.82, 2.24) is 5.32 Å². The highest BCUT2D eigenvalue weighted by atomic mass is 32.1. The van der Waals surface area contributed by atoms with Gasteiger partial charge in [-0.3, -0.25) is 9.59 Å². The van der Waals surface area contributed by atoms with Crippen LogP contribution in [0.5, 0.6) is 5.75 Å². The Balaban J connectivity index is 1.45. The highest BCUT2D eigenvalue weighted by Gasteiger charge is 2.27. The first-order valence-electron chi connectivity index (χ1n) is 11.2. The Morgan fingerprint density at radius 3 is 2.55 bits per heavy atom. The van der Waals surface area contributed by atoms with E-state index in [0.717, 1.165) is 48.1 Å². The van der Waals surface area contributed by atoms with Crippen molar-refractivity contribution in [3.63, 3.8) is 0 Å². The minimum absolute atomic E-state index is 0.160.